The highest BCUT2D eigenvalue weighted by molar-refractivity contribution is 6.03. The minimum absolute atomic E-state index is 0.00179. The van der Waals surface area contributed by atoms with Crippen LogP contribution >= 0.6 is 0 Å². The summed E-state index contributed by atoms with van der Waals surface area (Å²) >= 11 is 0. The minimum atomic E-state index is -0.330. The topological polar surface area (TPSA) is 46.2 Å². The van der Waals surface area contributed by atoms with Crippen LogP contribution in [0.1, 0.15) is 61.4 Å². The zero-order valence-corrected chi connectivity index (χ0v) is 12.2. The van der Waals surface area contributed by atoms with Crippen LogP contribution in [-0.4, -0.2) is 17.7 Å². The Hall–Kier alpha value is -1.64. The molecule has 108 valence electrons. The van der Waals surface area contributed by atoms with Crippen LogP contribution in [0, 0.1) is 0 Å². The lowest BCUT2D eigenvalue weighted by molar-refractivity contribution is -0.122. The molecule has 1 fully saturated rings. The van der Waals surface area contributed by atoms with Gasteiger partial charge in [0.2, 0.25) is 5.91 Å². The number of Topliss-reactive ketones (excluding diaryl/α,β-unsaturated/α-hetero) is 1. The van der Waals surface area contributed by atoms with Gasteiger partial charge in [-0.25, -0.2) is 0 Å². The number of piperidine rings is 1. The maximum atomic E-state index is 12.6. The number of hydrogen-bond acceptors (Lipinski definition) is 2. The molecule has 0 aromatic heterocycles. The fourth-order valence-electron chi connectivity index (χ4n) is 2.73. The van der Waals surface area contributed by atoms with Gasteiger partial charge in [0.1, 0.15) is 0 Å². The molecular formula is C17H23NO2. The van der Waals surface area contributed by atoms with E-state index in [0.29, 0.717) is 6.42 Å². The number of rotatable bonds is 6. The smallest absolute Gasteiger partial charge is 0.220 e. The molecule has 0 radical (unpaired) electrons. The van der Waals surface area contributed by atoms with Gasteiger partial charge in [-0.1, -0.05) is 44.0 Å². The second-order valence-electron chi connectivity index (χ2n) is 5.49. The van der Waals surface area contributed by atoms with Crippen molar-refractivity contribution in [2.45, 2.75) is 57.9 Å². The van der Waals surface area contributed by atoms with Gasteiger partial charge < -0.3 is 5.32 Å². The zero-order chi connectivity index (χ0) is 14.4. The first-order valence-corrected chi connectivity index (χ1v) is 7.64. The summed E-state index contributed by atoms with van der Waals surface area (Å²) in [7, 11) is 0. The van der Waals surface area contributed by atoms with Gasteiger partial charge in [-0.05, 0) is 31.2 Å². The highest BCUT2D eigenvalue weighted by atomic mass is 16.2. The number of aryl methyl sites for hydroxylation is 1. The number of unbranched alkanes of at least 4 members (excludes halogenated alkanes) is 2. The normalized spacial score (nSPS) is 18.6. The molecule has 0 aliphatic carbocycles. The molecule has 1 aliphatic heterocycles. The van der Waals surface area contributed by atoms with Gasteiger partial charge in [0.05, 0.1) is 6.04 Å². The van der Waals surface area contributed by atoms with Crippen molar-refractivity contribution < 1.29 is 9.59 Å². The third kappa shape index (κ3) is 3.69. The standard InChI is InChI=1S/C17H23NO2/c1-2-3-4-8-13-9-5-6-10-14(13)17(20)15-11-7-12-16(19)18-15/h5-6,9-10,15H,2-4,7-8,11-12H2,1H3,(H,18,19). The average molecular weight is 273 g/mol. The van der Waals surface area contributed by atoms with Crippen molar-refractivity contribution in [2.75, 3.05) is 0 Å². The molecule has 0 spiro atoms. The van der Waals surface area contributed by atoms with E-state index in [4.69, 9.17) is 0 Å². The van der Waals surface area contributed by atoms with Crippen LogP contribution in [-0.2, 0) is 11.2 Å². The molecule has 1 amide bonds. The molecule has 20 heavy (non-hydrogen) atoms. The summed E-state index contributed by atoms with van der Waals surface area (Å²) in [4.78, 5) is 24.0. The number of amides is 1. The molecule has 2 rings (SSSR count). The van der Waals surface area contributed by atoms with Crippen molar-refractivity contribution in [1.29, 1.82) is 0 Å². The second-order valence-corrected chi connectivity index (χ2v) is 5.49. The number of ketones is 1. The van der Waals surface area contributed by atoms with E-state index in [1.165, 1.54) is 12.8 Å². The lowest BCUT2D eigenvalue weighted by Gasteiger charge is -2.23. The Kier molecular flexibility index (Phi) is 5.33. The van der Waals surface area contributed by atoms with Crippen molar-refractivity contribution in [3.05, 3.63) is 35.4 Å². The van der Waals surface area contributed by atoms with Crippen molar-refractivity contribution in [3.8, 4) is 0 Å². The van der Waals surface area contributed by atoms with Crippen LogP contribution in [0.2, 0.25) is 0 Å². The van der Waals surface area contributed by atoms with Gasteiger partial charge in [-0.3, -0.25) is 9.59 Å². The zero-order valence-electron chi connectivity index (χ0n) is 12.2. The summed E-state index contributed by atoms with van der Waals surface area (Å²) < 4.78 is 0. The largest absolute Gasteiger partial charge is 0.346 e. The molecule has 1 atom stereocenters. The summed E-state index contributed by atoms with van der Waals surface area (Å²) in [5, 5.41) is 2.82. The Bertz CT molecular complexity index is 482. The van der Waals surface area contributed by atoms with Crippen LogP contribution in [0.5, 0.6) is 0 Å². The van der Waals surface area contributed by atoms with Gasteiger partial charge in [-0.2, -0.15) is 0 Å². The molecule has 1 aromatic carbocycles. The van der Waals surface area contributed by atoms with Gasteiger partial charge in [0.15, 0.2) is 5.78 Å². The van der Waals surface area contributed by atoms with Crippen LogP contribution in [0.4, 0.5) is 0 Å². The molecule has 3 nitrogen and oxygen atoms in total. The van der Waals surface area contributed by atoms with E-state index in [-0.39, 0.29) is 17.7 Å². The number of hydrogen-bond donors (Lipinski definition) is 1. The summed E-state index contributed by atoms with van der Waals surface area (Å²) in [6.45, 7) is 2.18. The predicted molar refractivity (Wildman–Crippen MR) is 79.8 cm³/mol. The predicted octanol–water partition coefficient (Wildman–Crippen LogP) is 3.27. The Morgan fingerprint density at radius 3 is 2.85 bits per heavy atom. The van der Waals surface area contributed by atoms with Crippen LogP contribution in [0.25, 0.3) is 0 Å². The number of nitrogens with one attached hydrogen (secondary N) is 1. The van der Waals surface area contributed by atoms with E-state index in [0.717, 1.165) is 36.8 Å². The van der Waals surface area contributed by atoms with E-state index in [1.54, 1.807) is 0 Å². The Labute approximate surface area is 120 Å². The fourth-order valence-corrected chi connectivity index (χ4v) is 2.73. The first kappa shape index (κ1) is 14.8. The summed E-state index contributed by atoms with van der Waals surface area (Å²) in [5.41, 5.74) is 1.90. The second kappa shape index (κ2) is 7.22. The number of benzene rings is 1. The maximum absolute atomic E-state index is 12.6. The van der Waals surface area contributed by atoms with Crippen molar-refractivity contribution in [3.63, 3.8) is 0 Å². The van der Waals surface area contributed by atoms with E-state index >= 15 is 0 Å². The Morgan fingerprint density at radius 2 is 2.10 bits per heavy atom. The van der Waals surface area contributed by atoms with E-state index in [1.807, 2.05) is 24.3 Å². The summed E-state index contributed by atoms with van der Waals surface area (Å²) in [5.74, 6) is 0.0724. The third-order valence-corrected chi connectivity index (χ3v) is 3.88. The van der Waals surface area contributed by atoms with Crippen molar-refractivity contribution in [2.24, 2.45) is 0 Å². The molecule has 0 bridgehead atoms. The molecule has 3 heteroatoms. The molecule has 0 saturated carbocycles. The first-order valence-electron chi connectivity index (χ1n) is 7.64. The summed E-state index contributed by atoms with van der Waals surface area (Å²) in [6.07, 6.45) is 6.52. The van der Waals surface area contributed by atoms with E-state index in [9.17, 15) is 9.59 Å². The monoisotopic (exact) mass is 273 g/mol. The van der Waals surface area contributed by atoms with Gasteiger partial charge in [-0.15, -0.1) is 0 Å². The molecule has 1 aliphatic rings. The van der Waals surface area contributed by atoms with E-state index < -0.39 is 0 Å². The SMILES string of the molecule is CCCCCc1ccccc1C(=O)C1CCCC(=O)N1. The number of carbonyl (C=O) groups excluding carboxylic acids is 2. The minimum Gasteiger partial charge on any atom is -0.346 e. The van der Waals surface area contributed by atoms with Gasteiger partial charge in [0.25, 0.3) is 0 Å². The van der Waals surface area contributed by atoms with Crippen molar-refractivity contribution in [1.82, 2.24) is 5.32 Å². The molecule has 1 heterocycles. The van der Waals surface area contributed by atoms with Crippen LogP contribution in [0.15, 0.2) is 24.3 Å². The molecule has 1 saturated heterocycles. The molecule has 1 unspecified atom stereocenters. The van der Waals surface area contributed by atoms with Gasteiger partial charge >= 0.3 is 0 Å². The molecule has 1 N–H and O–H groups in total. The quantitative estimate of drug-likeness (QED) is 0.638. The lowest BCUT2D eigenvalue weighted by Crippen LogP contribution is -2.44. The molecule has 1 aromatic rings. The fraction of sp³-hybridized carbons (Fsp3) is 0.529. The van der Waals surface area contributed by atoms with E-state index in [2.05, 4.69) is 12.2 Å². The first-order chi connectivity index (χ1) is 9.72. The Morgan fingerprint density at radius 1 is 1.30 bits per heavy atom. The highest BCUT2D eigenvalue weighted by Crippen LogP contribution is 2.18. The van der Waals surface area contributed by atoms with Gasteiger partial charge in [0, 0.05) is 12.0 Å². The molecular weight excluding hydrogens is 250 g/mol. The summed E-state index contributed by atoms with van der Waals surface area (Å²) in [6, 6.07) is 7.49. The van der Waals surface area contributed by atoms with Crippen LogP contribution < -0.4 is 5.32 Å². The Balaban J connectivity index is 2.10. The maximum Gasteiger partial charge on any atom is 0.220 e. The third-order valence-electron chi connectivity index (χ3n) is 3.88. The number of carbonyl (C=O) groups is 2. The lowest BCUT2D eigenvalue weighted by atomic mass is 9.91. The highest BCUT2D eigenvalue weighted by Gasteiger charge is 2.26. The van der Waals surface area contributed by atoms with Crippen molar-refractivity contribution >= 4 is 11.7 Å². The average Bonchev–Trinajstić information content (AvgIpc) is 2.47. The van der Waals surface area contributed by atoms with Crippen LogP contribution in [0.3, 0.4) is 0 Å².